The van der Waals surface area contributed by atoms with Crippen LogP contribution in [0.4, 0.5) is 5.69 Å². The van der Waals surface area contributed by atoms with E-state index in [9.17, 15) is 4.79 Å². The summed E-state index contributed by atoms with van der Waals surface area (Å²) in [6.45, 7) is 0. The number of anilines is 1. The maximum atomic E-state index is 12.1. The second-order valence-corrected chi connectivity index (χ2v) is 8.32. The van der Waals surface area contributed by atoms with Gasteiger partial charge >= 0.3 is 0 Å². The zero-order chi connectivity index (χ0) is 17.8. The highest BCUT2D eigenvalue weighted by Crippen LogP contribution is 2.24. The van der Waals surface area contributed by atoms with Gasteiger partial charge in [-0.3, -0.25) is 4.79 Å². The predicted molar refractivity (Wildman–Crippen MR) is 113 cm³/mol. The number of aromatic nitrogens is 3. The van der Waals surface area contributed by atoms with Crippen molar-refractivity contribution in [3.63, 3.8) is 0 Å². The van der Waals surface area contributed by atoms with Crippen molar-refractivity contribution in [1.82, 2.24) is 14.8 Å². The maximum absolute atomic E-state index is 12.1. The number of hydrogen-bond acceptors (Lipinski definition) is 4. The second-order valence-electron chi connectivity index (χ2n) is 5.22. The Labute approximate surface area is 171 Å². The van der Waals surface area contributed by atoms with Gasteiger partial charge in [0.2, 0.25) is 5.91 Å². The fraction of sp³-hybridized carbons (Fsp3) is 0.118. The minimum absolute atomic E-state index is 0.0700. The summed E-state index contributed by atoms with van der Waals surface area (Å²) in [6.07, 6.45) is 0. The zero-order valence-electron chi connectivity index (χ0n) is 13.2. The van der Waals surface area contributed by atoms with E-state index in [0.717, 1.165) is 25.1 Å². The molecule has 1 N–H and O–H groups in total. The third kappa shape index (κ3) is 4.83. The lowest BCUT2D eigenvalue weighted by Gasteiger charge is -2.06. The van der Waals surface area contributed by atoms with E-state index in [-0.39, 0.29) is 11.7 Å². The molecule has 0 aliphatic heterocycles. The first-order valence-electron chi connectivity index (χ1n) is 7.36. The molecule has 0 bridgehead atoms. The lowest BCUT2D eigenvalue weighted by molar-refractivity contribution is -0.113. The van der Waals surface area contributed by atoms with Crippen LogP contribution in [0.2, 0.25) is 0 Å². The van der Waals surface area contributed by atoms with Crippen molar-refractivity contribution in [2.75, 3.05) is 11.1 Å². The summed E-state index contributed by atoms with van der Waals surface area (Å²) < 4.78 is 4.04. The summed E-state index contributed by atoms with van der Waals surface area (Å²) in [7, 11) is 1.90. The Hall–Kier alpha value is -1.39. The molecule has 0 unspecified atom stereocenters. The van der Waals surface area contributed by atoms with Crippen molar-refractivity contribution in [2.45, 2.75) is 5.16 Å². The van der Waals surface area contributed by atoms with Crippen molar-refractivity contribution in [1.29, 1.82) is 0 Å². The number of amides is 1. The van der Waals surface area contributed by atoms with Crippen LogP contribution >= 0.6 is 50.3 Å². The van der Waals surface area contributed by atoms with E-state index in [4.69, 9.17) is 0 Å². The first-order valence-corrected chi connectivity index (χ1v) is 10.2. The first kappa shape index (κ1) is 18.4. The monoisotopic (exact) mass is 528 g/mol. The third-order valence-corrected chi connectivity index (χ3v) is 5.67. The Morgan fingerprint density at radius 3 is 2.52 bits per heavy atom. The molecule has 1 heterocycles. The molecule has 1 amide bonds. The fourth-order valence-electron chi connectivity index (χ4n) is 2.15. The Morgan fingerprint density at radius 2 is 1.84 bits per heavy atom. The number of carbonyl (C=O) groups excluding carboxylic acids is 1. The molecule has 3 rings (SSSR count). The highest BCUT2D eigenvalue weighted by molar-refractivity contribution is 14.1. The van der Waals surface area contributed by atoms with Crippen LogP contribution in [0.25, 0.3) is 11.4 Å². The van der Waals surface area contributed by atoms with Gasteiger partial charge < -0.3 is 9.88 Å². The number of benzene rings is 2. The second kappa shape index (κ2) is 8.33. The smallest absolute Gasteiger partial charge is 0.234 e. The molecule has 0 aliphatic rings. The number of halogens is 2. The molecular formula is C17H14BrIN4OS. The number of nitrogens with zero attached hydrogens (tertiary/aromatic N) is 3. The van der Waals surface area contributed by atoms with Gasteiger partial charge in [0.05, 0.1) is 5.75 Å². The van der Waals surface area contributed by atoms with Gasteiger partial charge in [0.25, 0.3) is 0 Å². The maximum Gasteiger partial charge on any atom is 0.234 e. The number of thioether (sulfide) groups is 1. The van der Waals surface area contributed by atoms with Gasteiger partial charge in [-0.2, -0.15) is 0 Å². The van der Waals surface area contributed by atoms with Crippen LogP contribution in [0.1, 0.15) is 0 Å². The van der Waals surface area contributed by atoms with Crippen molar-refractivity contribution in [2.24, 2.45) is 7.05 Å². The summed E-state index contributed by atoms with van der Waals surface area (Å²) in [5.41, 5.74) is 1.77. The van der Waals surface area contributed by atoms with Gasteiger partial charge in [-0.25, -0.2) is 0 Å². The molecular weight excluding hydrogens is 515 g/mol. The number of rotatable bonds is 5. The molecule has 0 atom stereocenters. The van der Waals surface area contributed by atoms with E-state index >= 15 is 0 Å². The van der Waals surface area contributed by atoms with E-state index in [2.05, 4.69) is 54.0 Å². The SMILES string of the molecule is Cn1c(SCC(=O)Nc2ccc(I)cc2)nnc1-c1ccc(Br)cc1. The van der Waals surface area contributed by atoms with E-state index in [1.54, 1.807) is 0 Å². The standard InChI is InChI=1S/C17H14BrIN4OS/c1-23-16(11-2-4-12(18)5-3-11)21-22-17(23)25-10-15(24)20-14-8-6-13(19)7-9-14/h2-9H,10H2,1H3,(H,20,24). The average Bonchev–Trinajstić information content (AvgIpc) is 2.97. The zero-order valence-corrected chi connectivity index (χ0v) is 17.8. The largest absolute Gasteiger partial charge is 0.325 e. The third-order valence-electron chi connectivity index (χ3n) is 3.40. The minimum atomic E-state index is -0.0700. The molecule has 5 nitrogen and oxygen atoms in total. The van der Waals surface area contributed by atoms with Crippen LogP contribution in [0.5, 0.6) is 0 Å². The van der Waals surface area contributed by atoms with Crippen LogP contribution in [-0.4, -0.2) is 26.4 Å². The van der Waals surface area contributed by atoms with Crippen LogP contribution in [0.3, 0.4) is 0 Å². The van der Waals surface area contributed by atoms with Crippen LogP contribution in [-0.2, 0) is 11.8 Å². The van der Waals surface area contributed by atoms with Gasteiger partial charge in [0, 0.05) is 26.3 Å². The van der Waals surface area contributed by atoms with E-state index in [1.807, 2.05) is 60.1 Å². The highest BCUT2D eigenvalue weighted by Gasteiger charge is 2.13. The number of hydrogen-bond donors (Lipinski definition) is 1. The number of nitrogens with one attached hydrogen (secondary N) is 1. The van der Waals surface area contributed by atoms with Crippen LogP contribution in [0, 0.1) is 3.57 Å². The van der Waals surface area contributed by atoms with Gasteiger partial charge in [0.15, 0.2) is 11.0 Å². The summed E-state index contributed by atoms with van der Waals surface area (Å²) in [5.74, 6) is 0.977. The van der Waals surface area contributed by atoms with Crippen LogP contribution in [0.15, 0.2) is 58.2 Å². The molecule has 0 radical (unpaired) electrons. The summed E-state index contributed by atoms with van der Waals surface area (Å²) in [5, 5.41) is 12.0. The molecule has 1 aromatic heterocycles. The average molecular weight is 529 g/mol. The van der Waals surface area contributed by atoms with Gasteiger partial charge in [-0.05, 0) is 59.0 Å². The van der Waals surface area contributed by atoms with Crippen molar-refractivity contribution in [3.8, 4) is 11.4 Å². The lowest BCUT2D eigenvalue weighted by Crippen LogP contribution is -2.14. The van der Waals surface area contributed by atoms with E-state index in [1.165, 1.54) is 11.8 Å². The normalized spacial score (nSPS) is 10.7. The molecule has 3 aromatic rings. The van der Waals surface area contributed by atoms with Gasteiger partial charge in [0.1, 0.15) is 0 Å². The van der Waals surface area contributed by atoms with Crippen molar-refractivity contribution >= 4 is 61.9 Å². The van der Waals surface area contributed by atoms with Crippen LogP contribution < -0.4 is 5.32 Å². The molecule has 0 saturated heterocycles. The molecule has 0 saturated carbocycles. The molecule has 2 aromatic carbocycles. The Bertz CT molecular complexity index is 881. The quantitative estimate of drug-likeness (QED) is 0.389. The topological polar surface area (TPSA) is 59.8 Å². The molecule has 0 aliphatic carbocycles. The summed E-state index contributed by atoms with van der Waals surface area (Å²) in [6, 6.07) is 15.6. The predicted octanol–water partition coefficient (Wildman–Crippen LogP) is 4.58. The summed E-state index contributed by atoms with van der Waals surface area (Å²) >= 11 is 7.01. The number of carbonyl (C=O) groups is 1. The highest BCUT2D eigenvalue weighted by atomic mass is 127. The fourth-order valence-corrected chi connectivity index (χ4v) is 3.49. The van der Waals surface area contributed by atoms with Gasteiger partial charge in [-0.1, -0.05) is 39.8 Å². The Balaban J connectivity index is 1.62. The first-order chi connectivity index (χ1) is 12.0. The van der Waals surface area contributed by atoms with Crippen molar-refractivity contribution < 1.29 is 4.79 Å². The molecule has 128 valence electrons. The Morgan fingerprint density at radius 1 is 1.16 bits per heavy atom. The molecule has 25 heavy (non-hydrogen) atoms. The van der Waals surface area contributed by atoms with Crippen molar-refractivity contribution in [3.05, 3.63) is 56.6 Å². The molecule has 0 spiro atoms. The molecule has 0 fully saturated rings. The van der Waals surface area contributed by atoms with Gasteiger partial charge in [-0.15, -0.1) is 10.2 Å². The van der Waals surface area contributed by atoms with E-state index in [0.29, 0.717) is 5.16 Å². The molecule has 8 heteroatoms. The minimum Gasteiger partial charge on any atom is -0.325 e. The summed E-state index contributed by atoms with van der Waals surface area (Å²) in [4.78, 5) is 12.1. The Kier molecular flexibility index (Phi) is 6.13. The lowest BCUT2D eigenvalue weighted by atomic mass is 10.2. The van der Waals surface area contributed by atoms with E-state index < -0.39 is 0 Å².